The number of ether oxygens (including phenoxy) is 1. The summed E-state index contributed by atoms with van der Waals surface area (Å²) in [7, 11) is 2.22. The third-order valence-electron chi connectivity index (χ3n) is 7.84. The molecule has 1 atom stereocenters. The largest absolute Gasteiger partial charge is 0.444 e. The van der Waals surface area contributed by atoms with Gasteiger partial charge in [-0.15, -0.1) is 0 Å². The first-order valence-electron chi connectivity index (χ1n) is 14.0. The van der Waals surface area contributed by atoms with Gasteiger partial charge in [0.25, 0.3) is 0 Å². The predicted molar refractivity (Wildman–Crippen MR) is 153 cm³/mol. The molecule has 2 aromatic carbocycles. The van der Waals surface area contributed by atoms with Crippen molar-refractivity contribution in [3.8, 4) is 0 Å². The van der Waals surface area contributed by atoms with E-state index in [1.54, 1.807) is 6.08 Å². The Balaban J connectivity index is 1.26. The second kappa shape index (κ2) is 12.2. The summed E-state index contributed by atoms with van der Waals surface area (Å²) in [4.78, 5) is 29.1. The molecule has 0 bridgehead atoms. The molecule has 0 saturated carbocycles. The van der Waals surface area contributed by atoms with E-state index in [1.807, 2.05) is 62.1 Å². The summed E-state index contributed by atoms with van der Waals surface area (Å²) in [5.41, 5.74) is 3.56. The highest BCUT2D eigenvalue weighted by Gasteiger charge is 2.47. The van der Waals surface area contributed by atoms with Gasteiger partial charge >= 0.3 is 6.09 Å². The van der Waals surface area contributed by atoms with Crippen LogP contribution in [0.3, 0.4) is 0 Å². The van der Waals surface area contributed by atoms with Crippen LogP contribution in [0.2, 0.25) is 0 Å². The zero-order chi connectivity index (χ0) is 27.2. The van der Waals surface area contributed by atoms with Crippen molar-refractivity contribution >= 4 is 18.1 Å². The van der Waals surface area contributed by atoms with Gasteiger partial charge in [0, 0.05) is 37.2 Å². The van der Waals surface area contributed by atoms with E-state index >= 15 is 0 Å². The third kappa shape index (κ3) is 7.04. The Bertz CT molecular complexity index is 1110. The molecule has 1 N–H and O–H groups in total. The number of likely N-dealkylation sites (tertiary alicyclic amines) is 1. The normalized spacial score (nSPS) is 18.7. The SMILES string of the molecule is CN(CCCCNC(=O)/C=C/c1ccccc1)C1CC2(CCN(C(=O)OC(C)(C)C)CC2)c2ccccc21. The van der Waals surface area contributed by atoms with E-state index < -0.39 is 5.60 Å². The smallest absolute Gasteiger partial charge is 0.410 e. The van der Waals surface area contributed by atoms with Crippen LogP contribution in [0.4, 0.5) is 4.79 Å². The number of nitrogens with one attached hydrogen (secondary N) is 1. The van der Waals surface area contributed by atoms with Crippen LogP contribution in [0.15, 0.2) is 60.7 Å². The molecule has 1 saturated heterocycles. The molecule has 2 aromatic rings. The maximum absolute atomic E-state index is 12.6. The average Bonchev–Trinajstić information content (AvgIpc) is 3.21. The standard InChI is InChI=1S/C32H43N3O3/c1-31(2,3)38-30(37)35-22-18-32(19-23-35)24-28(26-14-8-9-15-27(26)32)34(4)21-11-10-20-33-29(36)17-16-25-12-6-5-7-13-25/h5-9,12-17,28H,10-11,18-24H2,1-4H3,(H,33,36)/b17-16+. The number of unbranched alkanes of at least 4 members (excludes halogenated alkanes) is 1. The van der Waals surface area contributed by atoms with Crippen molar-refractivity contribution in [2.45, 2.75) is 69.9 Å². The molecular weight excluding hydrogens is 474 g/mol. The summed E-state index contributed by atoms with van der Waals surface area (Å²) in [6.45, 7) is 8.88. The van der Waals surface area contributed by atoms with Crippen LogP contribution in [0.1, 0.15) is 75.6 Å². The van der Waals surface area contributed by atoms with E-state index in [1.165, 1.54) is 11.1 Å². The van der Waals surface area contributed by atoms with Gasteiger partial charge in [-0.2, -0.15) is 0 Å². The minimum Gasteiger partial charge on any atom is -0.444 e. The van der Waals surface area contributed by atoms with Crippen LogP contribution in [-0.2, 0) is 14.9 Å². The number of hydrogen-bond donors (Lipinski definition) is 1. The molecule has 0 aromatic heterocycles. The molecule has 0 radical (unpaired) electrons. The van der Waals surface area contributed by atoms with Crippen LogP contribution in [0.25, 0.3) is 6.08 Å². The van der Waals surface area contributed by atoms with Crippen molar-refractivity contribution in [2.24, 2.45) is 0 Å². The number of benzene rings is 2. The van der Waals surface area contributed by atoms with Crippen molar-refractivity contribution in [2.75, 3.05) is 33.2 Å². The average molecular weight is 518 g/mol. The second-order valence-corrected chi connectivity index (χ2v) is 11.8. The fourth-order valence-electron chi connectivity index (χ4n) is 5.82. The van der Waals surface area contributed by atoms with Gasteiger partial charge < -0.3 is 15.0 Å². The van der Waals surface area contributed by atoms with Gasteiger partial charge in [-0.05, 0) is 89.2 Å². The third-order valence-corrected chi connectivity index (χ3v) is 7.84. The Kier molecular flexibility index (Phi) is 8.93. The molecule has 2 amide bonds. The van der Waals surface area contributed by atoms with Gasteiger partial charge in [-0.3, -0.25) is 9.69 Å². The molecule has 2 aliphatic rings. The fraction of sp³-hybridized carbons (Fsp3) is 0.500. The highest BCUT2D eigenvalue weighted by Crippen LogP contribution is 2.52. The van der Waals surface area contributed by atoms with E-state index in [0.717, 1.165) is 57.3 Å². The van der Waals surface area contributed by atoms with E-state index in [2.05, 4.69) is 41.5 Å². The first kappa shape index (κ1) is 27.9. The summed E-state index contributed by atoms with van der Waals surface area (Å²) in [5.74, 6) is -0.0495. The summed E-state index contributed by atoms with van der Waals surface area (Å²) in [5, 5.41) is 3.00. The van der Waals surface area contributed by atoms with Crippen molar-refractivity contribution < 1.29 is 14.3 Å². The van der Waals surface area contributed by atoms with E-state index in [-0.39, 0.29) is 17.4 Å². The Hall–Kier alpha value is -3.12. The Morgan fingerprint density at radius 2 is 1.74 bits per heavy atom. The molecule has 4 rings (SSSR count). The molecule has 1 aliphatic carbocycles. The lowest BCUT2D eigenvalue weighted by Gasteiger charge is -2.41. The van der Waals surface area contributed by atoms with Crippen molar-refractivity contribution in [3.63, 3.8) is 0 Å². The number of fused-ring (bicyclic) bond motifs is 2. The molecule has 204 valence electrons. The van der Waals surface area contributed by atoms with Gasteiger partial charge in [0.15, 0.2) is 0 Å². The minimum atomic E-state index is -0.471. The number of amides is 2. The zero-order valence-electron chi connectivity index (χ0n) is 23.4. The van der Waals surface area contributed by atoms with Gasteiger partial charge in [0.1, 0.15) is 5.60 Å². The van der Waals surface area contributed by atoms with Crippen LogP contribution in [-0.4, -0.2) is 60.6 Å². The minimum absolute atomic E-state index is 0.0495. The Morgan fingerprint density at radius 1 is 1.05 bits per heavy atom. The molecular formula is C32H43N3O3. The lowest BCUT2D eigenvalue weighted by atomic mass is 9.73. The summed E-state index contributed by atoms with van der Waals surface area (Å²) < 4.78 is 5.62. The number of hydrogen-bond acceptors (Lipinski definition) is 4. The van der Waals surface area contributed by atoms with Crippen LogP contribution in [0, 0.1) is 0 Å². The van der Waals surface area contributed by atoms with Gasteiger partial charge in [0.2, 0.25) is 5.91 Å². The molecule has 1 fully saturated rings. The van der Waals surface area contributed by atoms with Crippen molar-refractivity contribution in [3.05, 3.63) is 77.4 Å². The zero-order valence-corrected chi connectivity index (χ0v) is 23.4. The quantitative estimate of drug-likeness (QED) is 0.348. The lowest BCUT2D eigenvalue weighted by molar-refractivity contribution is -0.116. The van der Waals surface area contributed by atoms with E-state index in [4.69, 9.17) is 4.74 Å². The topological polar surface area (TPSA) is 61.9 Å². The maximum atomic E-state index is 12.6. The highest BCUT2D eigenvalue weighted by molar-refractivity contribution is 5.91. The van der Waals surface area contributed by atoms with E-state index in [9.17, 15) is 9.59 Å². The summed E-state index contributed by atoms with van der Waals surface area (Å²) in [6.07, 6.45) is 8.24. The summed E-state index contributed by atoms with van der Waals surface area (Å²) in [6, 6.07) is 19.1. The fourth-order valence-corrected chi connectivity index (χ4v) is 5.82. The monoisotopic (exact) mass is 517 g/mol. The van der Waals surface area contributed by atoms with Gasteiger partial charge in [0.05, 0.1) is 0 Å². The first-order chi connectivity index (χ1) is 18.2. The summed E-state index contributed by atoms with van der Waals surface area (Å²) >= 11 is 0. The number of piperidine rings is 1. The molecule has 1 unspecified atom stereocenters. The maximum Gasteiger partial charge on any atom is 0.410 e. The van der Waals surface area contributed by atoms with Gasteiger partial charge in [-0.25, -0.2) is 4.79 Å². The Labute approximate surface area is 228 Å². The molecule has 6 heteroatoms. The number of carbonyl (C=O) groups excluding carboxylic acids is 2. The molecule has 1 heterocycles. The molecule has 38 heavy (non-hydrogen) atoms. The second-order valence-electron chi connectivity index (χ2n) is 11.8. The Morgan fingerprint density at radius 3 is 2.45 bits per heavy atom. The molecule has 1 aliphatic heterocycles. The van der Waals surface area contributed by atoms with Crippen LogP contribution >= 0.6 is 0 Å². The predicted octanol–water partition coefficient (Wildman–Crippen LogP) is 5.94. The van der Waals surface area contributed by atoms with Gasteiger partial charge in [-0.1, -0.05) is 54.6 Å². The molecule has 1 spiro atoms. The van der Waals surface area contributed by atoms with Crippen LogP contribution < -0.4 is 5.32 Å². The number of nitrogens with zero attached hydrogens (tertiary/aromatic N) is 2. The highest BCUT2D eigenvalue weighted by atomic mass is 16.6. The number of rotatable bonds is 8. The van der Waals surface area contributed by atoms with E-state index in [0.29, 0.717) is 12.6 Å². The lowest BCUT2D eigenvalue weighted by Crippen LogP contribution is -2.46. The number of carbonyl (C=O) groups is 2. The van der Waals surface area contributed by atoms with Crippen LogP contribution in [0.5, 0.6) is 0 Å². The van der Waals surface area contributed by atoms with Crippen molar-refractivity contribution in [1.82, 2.24) is 15.1 Å². The van der Waals surface area contributed by atoms with Crippen molar-refractivity contribution in [1.29, 1.82) is 0 Å². The molecule has 6 nitrogen and oxygen atoms in total. The first-order valence-corrected chi connectivity index (χ1v) is 14.0.